The van der Waals surface area contributed by atoms with Crippen LogP contribution in [0.15, 0.2) is 24.3 Å². The van der Waals surface area contributed by atoms with Gasteiger partial charge >= 0.3 is 41.4 Å². The SMILES string of the molecule is F[P-](F)(F)(F)(F)F.O[PH+](N1CCCC1)n1nnc2ccccc21. The first-order valence-electron chi connectivity index (χ1n) is 6.49. The van der Waals surface area contributed by atoms with E-state index in [2.05, 4.69) is 15.0 Å². The van der Waals surface area contributed by atoms with Crippen LogP contribution < -0.4 is 0 Å². The first-order chi connectivity index (χ1) is 10.3. The van der Waals surface area contributed by atoms with Crippen molar-refractivity contribution in [2.45, 2.75) is 12.8 Å². The molecule has 1 unspecified atom stereocenters. The van der Waals surface area contributed by atoms with Crippen LogP contribution >= 0.6 is 16.3 Å². The fraction of sp³-hybridized carbons (Fsp3) is 0.400. The maximum absolute atomic E-state index is 10.7. The molecule has 0 spiro atoms. The Kier molecular flexibility index (Phi) is 4.39. The molecule has 23 heavy (non-hydrogen) atoms. The van der Waals surface area contributed by atoms with Gasteiger partial charge in [-0.3, -0.25) is 0 Å². The zero-order chi connectivity index (χ0) is 17.4. The minimum Gasteiger partial charge on any atom is -0.208 e. The summed E-state index contributed by atoms with van der Waals surface area (Å²) in [6, 6.07) is 7.74. The molecule has 0 radical (unpaired) electrons. The molecule has 0 amide bonds. The third-order valence-corrected chi connectivity index (χ3v) is 4.65. The minimum absolute atomic E-state index is 0.846. The minimum atomic E-state index is -10.7. The van der Waals surface area contributed by atoms with Crippen molar-refractivity contribution >= 4 is 27.3 Å². The number of hydrogen-bond donors (Lipinski definition) is 1. The largest absolute Gasteiger partial charge is 0.319 e. The Morgan fingerprint density at radius 3 is 2.09 bits per heavy atom. The Balaban J connectivity index is 0.000000236. The summed E-state index contributed by atoms with van der Waals surface area (Å²) in [6.45, 7) is 1.94. The van der Waals surface area contributed by atoms with Crippen LogP contribution in [0.5, 0.6) is 0 Å². The first-order valence-corrected chi connectivity index (χ1v) is 9.86. The van der Waals surface area contributed by atoms with E-state index in [1.165, 1.54) is 12.8 Å². The maximum atomic E-state index is 10.3. The Hall–Kier alpha value is -1.02. The summed E-state index contributed by atoms with van der Waals surface area (Å²) in [4.78, 5) is 10.3. The molecule has 0 aliphatic carbocycles. The van der Waals surface area contributed by atoms with Crippen LogP contribution in [-0.4, -0.2) is 37.4 Å². The molecule has 1 aromatic heterocycles. The number of nitrogens with zero attached hydrogens (tertiary/aromatic N) is 4. The Bertz CT molecular complexity index is 674. The number of hydrogen-bond acceptors (Lipinski definition) is 4. The number of rotatable bonds is 2. The molecular formula is C10H14F6N4OP2. The van der Waals surface area contributed by atoms with Crippen LogP contribution in [0.1, 0.15) is 12.8 Å². The van der Waals surface area contributed by atoms with Gasteiger partial charge in [0.15, 0.2) is 0 Å². The van der Waals surface area contributed by atoms with Crippen molar-refractivity contribution in [1.29, 1.82) is 0 Å². The van der Waals surface area contributed by atoms with E-state index in [0.29, 0.717) is 0 Å². The summed E-state index contributed by atoms with van der Waals surface area (Å²) in [7, 11) is -12.4. The number of para-hydroxylation sites is 1. The van der Waals surface area contributed by atoms with Gasteiger partial charge in [0.2, 0.25) is 0 Å². The predicted octanol–water partition coefficient (Wildman–Crippen LogP) is 4.71. The van der Waals surface area contributed by atoms with Crippen LogP contribution in [0.3, 0.4) is 0 Å². The fourth-order valence-corrected chi connectivity index (χ4v) is 3.58. The molecule has 1 saturated heterocycles. The van der Waals surface area contributed by atoms with E-state index in [4.69, 9.17) is 0 Å². The smallest absolute Gasteiger partial charge is 0.208 e. The quantitative estimate of drug-likeness (QED) is 0.604. The average molecular weight is 382 g/mol. The molecule has 2 heterocycles. The van der Waals surface area contributed by atoms with E-state index in [9.17, 15) is 30.1 Å². The van der Waals surface area contributed by atoms with Crippen LogP contribution in [0, 0.1) is 0 Å². The summed E-state index contributed by atoms with van der Waals surface area (Å²) in [5.74, 6) is 0. The van der Waals surface area contributed by atoms with E-state index in [1.807, 2.05) is 24.3 Å². The molecule has 132 valence electrons. The van der Waals surface area contributed by atoms with Crippen LogP contribution in [-0.2, 0) is 0 Å². The molecule has 2 aromatic rings. The number of fused-ring (bicyclic) bond motifs is 1. The second kappa shape index (κ2) is 5.51. The normalized spacial score (nSPS) is 20.5. The van der Waals surface area contributed by atoms with E-state index in [1.54, 1.807) is 4.45 Å². The van der Waals surface area contributed by atoms with Gasteiger partial charge in [-0.25, -0.2) is 4.89 Å². The molecule has 0 saturated carbocycles. The number of benzene rings is 1. The zero-order valence-corrected chi connectivity index (χ0v) is 13.5. The molecule has 0 bridgehead atoms. The molecule has 1 fully saturated rings. The van der Waals surface area contributed by atoms with Crippen molar-refractivity contribution in [2.24, 2.45) is 0 Å². The van der Waals surface area contributed by atoms with Gasteiger partial charge in [0.1, 0.15) is 11.0 Å². The second-order valence-corrected chi connectivity index (χ2v) is 8.52. The summed E-state index contributed by atoms with van der Waals surface area (Å²) in [5.41, 5.74) is 1.77. The van der Waals surface area contributed by atoms with Gasteiger partial charge in [0.25, 0.3) is 0 Å². The Morgan fingerprint density at radius 1 is 1.00 bits per heavy atom. The topological polar surface area (TPSA) is 54.2 Å². The van der Waals surface area contributed by atoms with Gasteiger partial charge in [-0.1, -0.05) is 16.6 Å². The number of halogens is 6. The van der Waals surface area contributed by atoms with E-state index >= 15 is 0 Å². The molecule has 1 aliphatic rings. The molecule has 1 aliphatic heterocycles. The molecule has 1 atom stereocenters. The van der Waals surface area contributed by atoms with Gasteiger partial charge in [0, 0.05) is 13.1 Å². The number of aromatic nitrogens is 3. The van der Waals surface area contributed by atoms with Crippen molar-refractivity contribution < 1.29 is 30.1 Å². The van der Waals surface area contributed by atoms with E-state index < -0.39 is 16.3 Å². The molecule has 13 heteroatoms. The third-order valence-electron chi connectivity index (χ3n) is 2.93. The summed E-state index contributed by atoms with van der Waals surface area (Å²) >= 11 is 0. The van der Waals surface area contributed by atoms with Gasteiger partial charge in [-0.05, 0) is 30.2 Å². The summed E-state index contributed by atoms with van der Waals surface area (Å²) in [6.07, 6.45) is 2.34. The Morgan fingerprint density at radius 2 is 1.52 bits per heavy atom. The van der Waals surface area contributed by atoms with E-state index in [-0.39, 0.29) is 0 Å². The fourth-order valence-electron chi connectivity index (χ4n) is 2.07. The monoisotopic (exact) mass is 382 g/mol. The van der Waals surface area contributed by atoms with Gasteiger partial charge in [-0.15, -0.1) is 9.77 Å². The summed E-state index contributed by atoms with van der Waals surface area (Å²) in [5, 5.41) is 8.12. The van der Waals surface area contributed by atoms with Crippen molar-refractivity contribution in [2.75, 3.05) is 13.1 Å². The van der Waals surface area contributed by atoms with Gasteiger partial charge < -0.3 is 0 Å². The Labute approximate surface area is 128 Å². The van der Waals surface area contributed by atoms with Gasteiger partial charge in [0.05, 0.1) is 0 Å². The van der Waals surface area contributed by atoms with Crippen LogP contribution in [0.25, 0.3) is 11.0 Å². The molecule has 1 N–H and O–H groups in total. The molecule has 3 rings (SSSR count). The molecular weight excluding hydrogens is 368 g/mol. The maximum Gasteiger partial charge on any atom is 0.319 e. The van der Waals surface area contributed by atoms with E-state index in [0.717, 1.165) is 24.1 Å². The first kappa shape index (κ1) is 18.3. The van der Waals surface area contributed by atoms with Crippen LogP contribution in [0.2, 0.25) is 0 Å². The van der Waals surface area contributed by atoms with Gasteiger partial charge in [-0.2, -0.15) is 0 Å². The third kappa shape index (κ3) is 6.55. The summed E-state index contributed by atoms with van der Waals surface area (Å²) < 4.78 is 63.0. The zero-order valence-electron chi connectivity index (χ0n) is 11.6. The van der Waals surface area contributed by atoms with Crippen molar-refractivity contribution in [3.05, 3.63) is 24.3 Å². The molecule has 1 aromatic carbocycles. The predicted molar refractivity (Wildman–Crippen MR) is 77.8 cm³/mol. The average Bonchev–Trinajstić information content (AvgIpc) is 3.04. The van der Waals surface area contributed by atoms with Crippen molar-refractivity contribution in [1.82, 2.24) is 19.4 Å². The van der Waals surface area contributed by atoms with Crippen molar-refractivity contribution in [3.63, 3.8) is 0 Å². The van der Waals surface area contributed by atoms with Crippen molar-refractivity contribution in [3.8, 4) is 0 Å². The van der Waals surface area contributed by atoms with Crippen LogP contribution in [0.4, 0.5) is 25.2 Å². The molecule has 5 nitrogen and oxygen atoms in total. The standard InChI is InChI=1S/C10H13N4OP.F6P/c15-16(13-7-3-4-8-13)14-10-6-2-1-5-9(10)11-12-14;1-7(2,3,4,5)6/h1-2,5-6,15H,3-4,7-8H2;/q;-1/p+1. The second-order valence-electron chi connectivity index (χ2n) is 4.94.